The van der Waals surface area contributed by atoms with Crippen LogP contribution in [0.1, 0.15) is 19.4 Å². The fourth-order valence-corrected chi connectivity index (χ4v) is 1.91. The Labute approximate surface area is 101 Å². The summed E-state index contributed by atoms with van der Waals surface area (Å²) in [6.07, 6.45) is 1.77. The molecule has 0 aliphatic rings. The standard InChI is InChI=1S/C14H16N2O/c1-14(2,13(17)15-3)11-6-7-12-10(9-11)5-4-8-16-12/h4-9H,1-3H3,(H,15,17). The lowest BCUT2D eigenvalue weighted by molar-refractivity contribution is -0.125. The van der Waals surface area contributed by atoms with Crippen LogP contribution in [0.15, 0.2) is 36.5 Å². The molecule has 3 nitrogen and oxygen atoms in total. The number of fused-ring (bicyclic) bond motifs is 1. The Hall–Kier alpha value is -1.90. The number of aromatic nitrogens is 1. The number of carbonyl (C=O) groups excluding carboxylic acids is 1. The van der Waals surface area contributed by atoms with E-state index in [0.29, 0.717) is 0 Å². The van der Waals surface area contributed by atoms with Gasteiger partial charge in [0.1, 0.15) is 0 Å². The summed E-state index contributed by atoms with van der Waals surface area (Å²) in [6.45, 7) is 3.84. The molecule has 0 aliphatic heterocycles. The van der Waals surface area contributed by atoms with E-state index in [2.05, 4.69) is 10.3 Å². The Balaban J connectivity index is 2.53. The van der Waals surface area contributed by atoms with Crippen molar-refractivity contribution < 1.29 is 4.79 Å². The number of likely N-dealkylation sites (N-methyl/N-ethyl adjacent to an activating group) is 1. The van der Waals surface area contributed by atoms with Gasteiger partial charge in [-0.1, -0.05) is 12.1 Å². The molecular formula is C14H16N2O. The van der Waals surface area contributed by atoms with Crippen LogP contribution in [0, 0.1) is 0 Å². The van der Waals surface area contributed by atoms with Gasteiger partial charge in [-0.2, -0.15) is 0 Å². The van der Waals surface area contributed by atoms with Crippen molar-refractivity contribution in [1.29, 1.82) is 0 Å². The highest BCUT2D eigenvalue weighted by molar-refractivity contribution is 5.89. The largest absolute Gasteiger partial charge is 0.358 e. The van der Waals surface area contributed by atoms with E-state index in [4.69, 9.17) is 0 Å². The summed E-state index contributed by atoms with van der Waals surface area (Å²) < 4.78 is 0. The van der Waals surface area contributed by atoms with Crippen LogP contribution in [0.4, 0.5) is 0 Å². The van der Waals surface area contributed by atoms with Crippen LogP contribution in [0.25, 0.3) is 10.9 Å². The average Bonchev–Trinajstić information content (AvgIpc) is 2.37. The van der Waals surface area contributed by atoms with Gasteiger partial charge in [0.05, 0.1) is 10.9 Å². The predicted molar refractivity (Wildman–Crippen MR) is 68.8 cm³/mol. The van der Waals surface area contributed by atoms with Gasteiger partial charge in [-0.3, -0.25) is 9.78 Å². The molecule has 0 unspecified atom stereocenters. The van der Waals surface area contributed by atoms with Crippen molar-refractivity contribution in [2.75, 3.05) is 7.05 Å². The number of nitrogens with zero attached hydrogens (tertiary/aromatic N) is 1. The van der Waals surface area contributed by atoms with Gasteiger partial charge in [-0.25, -0.2) is 0 Å². The third kappa shape index (κ3) is 2.00. The topological polar surface area (TPSA) is 42.0 Å². The van der Waals surface area contributed by atoms with E-state index in [9.17, 15) is 4.79 Å². The lowest BCUT2D eigenvalue weighted by Gasteiger charge is -2.23. The molecule has 0 fully saturated rings. The number of carbonyl (C=O) groups is 1. The molecule has 88 valence electrons. The highest BCUT2D eigenvalue weighted by Crippen LogP contribution is 2.26. The van der Waals surface area contributed by atoms with Gasteiger partial charge in [0, 0.05) is 18.6 Å². The van der Waals surface area contributed by atoms with Crippen molar-refractivity contribution in [2.24, 2.45) is 0 Å². The second-order valence-corrected chi connectivity index (χ2v) is 4.62. The average molecular weight is 228 g/mol. The van der Waals surface area contributed by atoms with E-state index in [1.807, 2.05) is 44.2 Å². The molecule has 1 amide bonds. The van der Waals surface area contributed by atoms with Gasteiger partial charge in [0.2, 0.25) is 5.91 Å². The van der Waals surface area contributed by atoms with Crippen LogP contribution in [-0.2, 0) is 10.2 Å². The molecule has 2 aromatic rings. The molecule has 0 saturated carbocycles. The van der Waals surface area contributed by atoms with Crippen molar-refractivity contribution in [3.63, 3.8) is 0 Å². The summed E-state index contributed by atoms with van der Waals surface area (Å²) in [5, 5.41) is 3.75. The quantitative estimate of drug-likeness (QED) is 0.856. The third-order valence-electron chi connectivity index (χ3n) is 3.12. The molecule has 1 heterocycles. The molecule has 3 heteroatoms. The van der Waals surface area contributed by atoms with Crippen LogP contribution in [0.3, 0.4) is 0 Å². The Bertz CT molecular complexity index is 561. The molecule has 0 aliphatic carbocycles. The zero-order valence-electron chi connectivity index (χ0n) is 10.3. The zero-order chi connectivity index (χ0) is 12.5. The van der Waals surface area contributed by atoms with Gasteiger partial charge in [-0.05, 0) is 37.6 Å². The molecule has 0 spiro atoms. The van der Waals surface area contributed by atoms with E-state index in [1.54, 1.807) is 13.2 Å². The minimum Gasteiger partial charge on any atom is -0.358 e. The zero-order valence-corrected chi connectivity index (χ0v) is 10.3. The Morgan fingerprint density at radius 3 is 2.76 bits per heavy atom. The van der Waals surface area contributed by atoms with E-state index < -0.39 is 5.41 Å². The molecule has 17 heavy (non-hydrogen) atoms. The minimum atomic E-state index is -0.529. The van der Waals surface area contributed by atoms with Gasteiger partial charge >= 0.3 is 0 Å². The maximum Gasteiger partial charge on any atom is 0.229 e. The van der Waals surface area contributed by atoms with Gasteiger partial charge in [0.25, 0.3) is 0 Å². The molecule has 1 aromatic heterocycles. The summed E-state index contributed by atoms with van der Waals surface area (Å²) in [4.78, 5) is 16.1. The number of hydrogen-bond donors (Lipinski definition) is 1. The molecule has 0 bridgehead atoms. The Morgan fingerprint density at radius 1 is 1.29 bits per heavy atom. The fraction of sp³-hybridized carbons (Fsp3) is 0.286. The summed E-state index contributed by atoms with van der Waals surface area (Å²) in [5.74, 6) is 0.0146. The molecular weight excluding hydrogens is 212 g/mol. The first kappa shape index (κ1) is 11.6. The lowest BCUT2D eigenvalue weighted by Crippen LogP contribution is -2.37. The van der Waals surface area contributed by atoms with Crippen molar-refractivity contribution in [3.05, 3.63) is 42.1 Å². The van der Waals surface area contributed by atoms with Gasteiger partial charge < -0.3 is 5.32 Å². The molecule has 2 rings (SSSR count). The number of pyridine rings is 1. The summed E-state index contributed by atoms with van der Waals surface area (Å²) >= 11 is 0. The smallest absolute Gasteiger partial charge is 0.229 e. The molecule has 1 aromatic carbocycles. The maximum absolute atomic E-state index is 11.8. The second kappa shape index (κ2) is 4.17. The summed E-state index contributed by atoms with van der Waals surface area (Å²) in [5.41, 5.74) is 1.42. The van der Waals surface area contributed by atoms with Crippen LogP contribution in [-0.4, -0.2) is 17.9 Å². The Kier molecular flexibility index (Phi) is 2.84. The van der Waals surface area contributed by atoms with Crippen LogP contribution >= 0.6 is 0 Å². The predicted octanol–water partition coefficient (Wildman–Crippen LogP) is 2.26. The maximum atomic E-state index is 11.8. The number of nitrogens with one attached hydrogen (secondary N) is 1. The van der Waals surface area contributed by atoms with Crippen LogP contribution in [0.5, 0.6) is 0 Å². The Morgan fingerprint density at radius 2 is 2.06 bits per heavy atom. The molecule has 1 N–H and O–H groups in total. The lowest BCUT2D eigenvalue weighted by atomic mass is 9.83. The number of hydrogen-bond acceptors (Lipinski definition) is 2. The highest BCUT2D eigenvalue weighted by Gasteiger charge is 2.28. The van der Waals surface area contributed by atoms with E-state index >= 15 is 0 Å². The van der Waals surface area contributed by atoms with Crippen LogP contribution in [0.2, 0.25) is 0 Å². The van der Waals surface area contributed by atoms with Crippen molar-refractivity contribution in [2.45, 2.75) is 19.3 Å². The normalized spacial score (nSPS) is 11.5. The number of benzene rings is 1. The summed E-state index contributed by atoms with van der Waals surface area (Å²) in [7, 11) is 1.66. The fourth-order valence-electron chi connectivity index (χ4n) is 1.91. The first-order valence-corrected chi connectivity index (χ1v) is 5.63. The van der Waals surface area contributed by atoms with E-state index in [1.165, 1.54) is 0 Å². The van der Waals surface area contributed by atoms with Crippen molar-refractivity contribution in [1.82, 2.24) is 10.3 Å². The monoisotopic (exact) mass is 228 g/mol. The summed E-state index contributed by atoms with van der Waals surface area (Å²) in [6, 6.07) is 9.85. The van der Waals surface area contributed by atoms with E-state index in [0.717, 1.165) is 16.5 Å². The minimum absolute atomic E-state index is 0.0146. The first-order valence-electron chi connectivity index (χ1n) is 5.63. The third-order valence-corrected chi connectivity index (χ3v) is 3.12. The number of amides is 1. The SMILES string of the molecule is CNC(=O)C(C)(C)c1ccc2ncccc2c1. The van der Waals surface area contributed by atoms with Gasteiger partial charge in [-0.15, -0.1) is 0 Å². The van der Waals surface area contributed by atoms with Crippen molar-refractivity contribution in [3.8, 4) is 0 Å². The first-order chi connectivity index (χ1) is 8.05. The second-order valence-electron chi connectivity index (χ2n) is 4.62. The van der Waals surface area contributed by atoms with Crippen molar-refractivity contribution >= 4 is 16.8 Å². The molecule has 0 radical (unpaired) electrons. The highest BCUT2D eigenvalue weighted by atomic mass is 16.2. The molecule has 0 saturated heterocycles. The van der Waals surface area contributed by atoms with E-state index in [-0.39, 0.29) is 5.91 Å². The van der Waals surface area contributed by atoms with Crippen LogP contribution < -0.4 is 5.32 Å². The van der Waals surface area contributed by atoms with Gasteiger partial charge in [0.15, 0.2) is 0 Å². The number of rotatable bonds is 2. The molecule has 0 atom stereocenters.